The molecule has 1 amide bonds. The van der Waals surface area contributed by atoms with Gasteiger partial charge in [0.1, 0.15) is 6.54 Å². The van der Waals surface area contributed by atoms with E-state index in [0.29, 0.717) is 18.6 Å². The van der Waals surface area contributed by atoms with E-state index in [1.807, 2.05) is 6.92 Å². The molecule has 1 saturated heterocycles. The van der Waals surface area contributed by atoms with E-state index in [0.717, 1.165) is 16.5 Å². The third-order valence-corrected chi connectivity index (χ3v) is 5.91. The number of amides is 1. The Hall–Kier alpha value is -0.520. The van der Waals surface area contributed by atoms with Gasteiger partial charge in [-0.3, -0.25) is 4.79 Å². The molecule has 0 aromatic carbocycles. The van der Waals surface area contributed by atoms with Crippen LogP contribution in [0.1, 0.15) is 26.2 Å². The molecule has 0 saturated carbocycles. The molecule has 0 aromatic heterocycles. The molecular weight excluding hydrogens is 355 g/mol. The van der Waals surface area contributed by atoms with Crippen molar-refractivity contribution in [3.05, 3.63) is 0 Å². The van der Waals surface area contributed by atoms with E-state index < -0.39 is 22.9 Å². The lowest BCUT2D eigenvalue weighted by Gasteiger charge is -2.31. The summed E-state index contributed by atoms with van der Waals surface area (Å²) in [6, 6.07) is -0.140. The number of hydrogen-bond acceptors (Lipinski definition) is 4. The highest BCUT2D eigenvalue weighted by atomic mass is 32.2. The minimum absolute atomic E-state index is 0.0836. The Morgan fingerprint density at radius 3 is 2.43 bits per heavy atom. The van der Waals surface area contributed by atoms with Gasteiger partial charge < -0.3 is 5.32 Å². The fourth-order valence-corrected chi connectivity index (χ4v) is 4.01. The highest BCUT2D eigenvalue weighted by Crippen LogP contribution is 2.16. The van der Waals surface area contributed by atoms with Gasteiger partial charge in [-0.1, -0.05) is 6.92 Å². The van der Waals surface area contributed by atoms with Gasteiger partial charge in [-0.05, 0) is 25.0 Å². The lowest BCUT2D eigenvalue weighted by atomic mass is 10.1. The van der Waals surface area contributed by atoms with Gasteiger partial charge in [-0.2, -0.15) is 42.4 Å². The number of halogens is 3. The summed E-state index contributed by atoms with van der Waals surface area (Å²) in [5.74, 6) is 1.16. The van der Waals surface area contributed by atoms with E-state index in [9.17, 15) is 26.4 Å². The molecule has 0 aliphatic carbocycles. The van der Waals surface area contributed by atoms with Crippen molar-refractivity contribution in [2.75, 3.05) is 31.1 Å². The predicted molar refractivity (Wildman–Crippen MR) is 83.3 cm³/mol. The summed E-state index contributed by atoms with van der Waals surface area (Å²) in [6.45, 7) is 0.606. The van der Waals surface area contributed by atoms with Crippen LogP contribution < -0.4 is 10.0 Å². The first-order valence-corrected chi connectivity index (χ1v) is 9.92. The van der Waals surface area contributed by atoms with Gasteiger partial charge in [-0.15, -0.1) is 0 Å². The molecule has 23 heavy (non-hydrogen) atoms. The summed E-state index contributed by atoms with van der Waals surface area (Å²) >= 11 is 1.53. The van der Waals surface area contributed by atoms with Crippen LogP contribution in [0.15, 0.2) is 0 Å². The van der Waals surface area contributed by atoms with Gasteiger partial charge in [-0.25, -0.2) is 0 Å². The Kier molecular flexibility index (Phi) is 8.11. The molecule has 0 unspecified atom stereocenters. The second-order valence-corrected chi connectivity index (χ2v) is 8.10. The number of piperidine rings is 1. The number of nitrogens with one attached hydrogen (secondary N) is 2. The second kappa shape index (κ2) is 9.09. The molecule has 1 rings (SSSR count). The molecule has 11 heteroatoms. The third-order valence-electron chi connectivity index (χ3n) is 3.20. The minimum atomic E-state index is -4.59. The molecule has 6 nitrogen and oxygen atoms in total. The zero-order chi connectivity index (χ0) is 17.5. The van der Waals surface area contributed by atoms with Crippen molar-refractivity contribution in [1.82, 2.24) is 14.3 Å². The van der Waals surface area contributed by atoms with E-state index in [2.05, 4.69) is 5.32 Å². The van der Waals surface area contributed by atoms with Crippen molar-refractivity contribution in [2.45, 2.75) is 38.4 Å². The SMILES string of the molecule is CCCSCC(=O)NC1CCN(S(=O)(=O)NCC(F)(F)F)CC1. The van der Waals surface area contributed by atoms with Gasteiger partial charge in [0.05, 0.1) is 5.75 Å². The largest absolute Gasteiger partial charge is 0.402 e. The number of thioether (sulfide) groups is 1. The van der Waals surface area contributed by atoms with Crippen molar-refractivity contribution >= 4 is 27.9 Å². The maximum atomic E-state index is 12.1. The normalized spacial score (nSPS) is 18.1. The van der Waals surface area contributed by atoms with E-state index in [-0.39, 0.29) is 25.0 Å². The van der Waals surface area contributed by atoms with Crippen LogP contribution in [0.4, 0.5) is 13.2 Å². The van der Waals surface area contributed by atoms with Crippen LogP contribution in [0.25, 0.3) is 0 Å². The van der Waals surface area contributed by atoms with Crippen LogP contribution in [0.2, 0.25) is 0 Å². The molecule has 0 bridgehead atoms. The Morgan fingerprint density at radius 1 is 1.30 bits per heavy atom. The monoisotopic (exact) mass is 377 g/mol. The Morgan fingerprint density at radius 2 is 1.91 bits per heavy atom. The van der Waals surface area contributed by atoms with Crippen molar-refractivity contribution < 1.29 is 26.4 Å². The van der Waals surface area contributed by atoms with Gasteiger partial charge in [0.2, 0.25) is 5.91 Å². The van der Waals surface area contributed by atoms with Crippen LogP contribution in [-0.4, -0.2) is 62.0 Å². The van der Waals surface area contributed by atoms with Crippen molar-refractivity contribution in [2.24, 2.45) is 0 Å². The quantitative estimate of drug-likeness (QED) is 0.621. The van der Waals surface area contributed by atoms with Crippen LogP contribution >= 0.6 is 11.8 Å². The van der Waals surface area contributed by atoms with Gasteiger partial charge in [0.15, 0.2) is 0 Å². The molecule has 2 N–H and O–H groups in total. The summed E-state index contributed by atoms with van der Waals surface area (Å²) in [4.78, 5) is 11.7. The smallest absolute Gasteiger partial charge is 0.353 e. The van der Waals surface area contributed by atoms with E-state index in [1.54, 1.807) is 4.72 Å². The number of hydrogen-bond donors (Lipinski definition) is 2. The van der Waals surface area contributed by atoms with E-state index in [1.165, 1.54) is 11.8 Å². The first-order valence-electron chi connectivity index (χ1n) is 7.32. The summed E-state index contributed by atoms with van der Waals surface area (Å²) in [5, 5.41) is 2.82. The molecule has 1 heterocycles. The lowest BCUT2D eigenvalue weighted by molar-refractivity contribution is -0.122. The number of carbonyl (C=O) groups excluding carboxylic acids is 1. The molecule has 0 aromatic rings. The summed E-state index contributed by atoms with van der Waals surface area (Å²) < 4.78 is 62.3. The highest BCUT2D eigenvalue weighted by molar-refractivity contribution is 7.99. The third kappa shape index (κ3) is 8.23. The Balaban J connectivity index is 2.35. The molecule has 136 valence electrons. The van der Waals surface area contributed by atoms with Gasteiger partial charge in [0.25, 0.3) is 10.2 Å². The van der Waals surface area contributed by atoms with Crippen LogP contribution in [0, 0.1) is 0 Å². The lowest BCUT2D eigenvalue weighted by Crippen LogP contribution is -2.51. The first kappa shape index (κ1) is 20.5. The number of carbonyl (C=O) groups is 1. The fourth-order valence-electron chi connectivity index (χ4n) is 2.08. The molecule has 1 aliphatic rings. The molecule has 1 aliphatic heterocycles. The molecular formula is C12H22F3N3O3S2. The van der Waals surface area contributed by atoms with Gasteiger partial charge in [0, 0.05) is 19.1 Å². The molecule has 0 radical (unpaired) electrons. The predicted octanol–water partition coefficient (Wildman–Crippen LogP) is 1.11. The maximum Gasteiger partial charge on any atom is 0.402 e. The van der Waals surface area contributed by atoms with Crippen molar-refractivity contribution in [3.8, 4) is 0 Å². The number of alkyl halides is 3. The number of nitrogens with zero attached hydrogens (tertiary/aromatic N) is 1. The second-order valence-electron chi connectivity index (χ2n) is 5.23. The van der Waals surface area contributed by atoms with Crippen LogP contribution in [0.5, 0.6) is 0 Å². The molecule has 1 fully saturated rings. The topological polar surface area (TPSA) is 78.5 Å². The Labute approximate surface area is 138 Å². The first-order chi connectivity index (χ1) is 10.6. The summed E-state index contributed by atoms with van der Waals surface area (Å²) in [7, 11) is -4.14. The zero-order valence-electron chi connectivity index (χ0n) is 12.9. The average molecular weight is 377 g/mol. The van der Waals surface area contributed by atoms with E-state index >= 15 is 0 Å². The van der Waals surface area contributed by atoms with Crippen LogP contribution in [-0.2, 0) is 15.0 Å². The summed E-state index contributed by atoms with van der Waals surface area (Å²) in [5.41, 5.74) is 0. The molecule has 0 atom stereocenters. The highest BCUT2D eigenvalue weighted by Gasteiger charge is 2.33. The Bertz CT molecular complexity index is 478. The van der Waals surface area contributed by atoms with Crippen molar-refractivity contribution in [3.63, 3.8) is 0 Å². The van der Waals surface area contributed by atoms with Crippen LogP contribution in [0.3, 0.4) is 0 Å². The molecule has 0 spiro atoms. The van der Waals surface area contributed by atoms with Gasteiger partial charge >= 0.3 is 6.18 Å². The standard InChI is InChI=1S/C12H22F3N3O3S2/c1-2-7-22-8-11(19)17-10-3-5-18(6-4-10)23(20,21)16-9-12(13,14)15/h10,16H,2-9H2,1H3,(H,17,19). The summed E-state index contributed by atoms with van der Waals surface area (Å²) in [6.07, 6.45) is -2.83. The van der Waals surface area contributed by atoms with Crippen molar-refractivity contribution in [1.29, 1.82) is 0 Å². The zero-order valence-corrected chi connectivity index (χ0v) is 14.5. The minimum Gasteiger partial charge on any atom is -0.353 e. The number of rotatable bonds is 8. The average Bonchev–Trinajstić information content (AvgIpc) is 2.45. The maximum absolute atomic E-state index is 12.1. The van der Waals surface area contributed by atoms with E-state index in [4.69, 9.17) is 0 Å². The fraction of sp³-hybridized carbons (Fsp3) is 0.917.